The van der Waals surface area contributed by atoms with Gasteiger partial charge in [-0.3, -0.25) is 0 Å². The fraction of sp³-hybridized carbons (Fsp3) is 0.364. The maximum atomic E-state index is 13.0. The fourth-order valence-corrected chi connectivity index (χ4v) is 5.12. The Bertz CT molecular complexity index is 1290. The number of anilines is 3. The molecule has 3 aromatic rings. The Morgan fingerprint density at radius 3 is 2.76 bits per heavy atom. The van der Waals surface area contributed by atoms with Crippen LogP contribution in [0.1, 0.15) is 18.9 Å². The van der Waals surface area contributed by atoms with E-state index in [9.17, 15) is 13.7 Å². The van der Waals surface area contributed by atoms with Gasteiger partial charge >= 0.3 is 0 Å². The van der Waals surface area contributed by atoms with Crippen molar-refractivity contribution in [2.45, 2.75) is 18.2 Å². The van der Waals surface area contributed by atoms with Crippen LogP contribution in [0.5, 0.6) is 5.75 Å². The van der Waals surface area contributed by atoms with Gasteiger partial charge in [0, 0.05) is 38.0 Å². The molecule has 174 valence electrons. The fourth-order valence-electron chi connectivity index (χ4n) is 3.70. The molecule has 0 radical (unpaired) electrons. The number of sulfonamides is 1. The van der Waals surface area contributed by atoms with Gasteiger partial charge in [-0.2, -0.15) is 9.57 Å². The number of nitriles is 1. The van der Waals surface area contributed by atoms with Crippen LogP contribution in [0.25, 0.3) is 11.0 Å². The molecular formula is C22H26N6O4S. The summed E-state index contributed by atoms with van der Waals surface area (Å²) in [5.41, 5.74) is 2.44. The monoisotopic (exact) mass is 470 g/mol. The summed E-state index contributed by atoms with van der Waals surface area (Å²) in [7, 11) is -2.16. The van der Waals surface area contributed by atoms with Crippen LogP contribution in [-0.2, 0) is 14.8 Å². The number of hydrogen-bond donors (Lipinski definition) is 3. The van der Waals surface area contributed by atoms with Crippen molar-refractivity contribution in [3.63, 3.8) is 0 Å². The van der Waals surface area contributed by atoms with Gasteiger partial charge in [0.2, 0.25) is 10.0 Å². The number of aromatic nitrogens is 2. The molecule has 3 N–H and O–H groups in total. The molecule has 0 aliphatic carbocycles. The lowest BCUT2D eigenvalue weighted by Gasteiger charge is -2.26. The van der Waals surface area contributed by atoms with Crippen molar-refractivity contribution in [2.24, 2.45) is 0 Å². The second kappa shape index (κ2) is 9.66. The number of H-pyrrole nitrogens is 1. The summed E-state index contributed by atoms with van der Waals surface area (Å²) in [5.74, 6) is 0.896. The molecule has 0 saturated carbocycles. The van der Waals surface area contributed by atoms with Gasteiger partial charge in [0.25, 0.3) is 0 Å². The lowest BCUT2D eigenvalue weighted by Crippen LogP contribution is -2.40. The highest BCUT2D eigenvalue weighted by Crippen LogP contribution is 2.34. The first kappa shape index (κ1) is 22.8. The molecule has 3 heterocycles. The van der Waals surface area contributed by atoms with Gasteiger partial charge in [-0.1, -0.05) is 6.92 Å². The van der Waals surface area contributed by atoms with E-state index in [0.29, 0.717) is 54.8 Å². The van der Waals surface area contributed by atoms with Gasteiger partial charge in [0.1, 0.15) is 23.3 Å². The normalized spacial score (nSPS) is 14.7. The van der Waals surface area contributed by atoms with E-state index in [1.54, 1.807) is 18.3 Å². The number of nitrogens with zero attached hydrogens (tertiary/aromatic N) is 3. The molecular weight excluding hydrogens is 444 g/mol. The molecule has 0 bridgehead atoms. The van der Waals surface area contributed by atoms with Crippen molar-refractivity contribution in [2.75, 3.05) is 50.6 Å². The smallest absolute Gasteiger partial charge is 0.243 e. The molecule has 10 nitrogen and oxygen atoms in total. The van der Waals surface area contributed by atoms with Crippen molar-refractivity contribution in [1.29, 1.82) is 5.26 Å². The Morgan fingerprint density at radius 2 is 2.06 bits per heavy atom. The van der Waals surface area contributed by atoms with E-state index in [1.165, 1.54) is 17.5 Å². The number of morpholine rings is 1. The van der Waals surface area contributed by atoms with Crippen molar-refractivity contribution in [1.82, 2.24) is 14.3 Å². The van der Waals surface area contributed by atoms with Gasteiger partial charge < -0.3 is 25.1 Å². The number of benzene rings is 1. The highest BCUT2D eigenvalue weighted by Gasteiger charge is 2.27. The van der Waals surface area contributed by atoms with Crippen molar-refractivity contribution in [3.05, 3.63) is 36.0 Å². The van der Waals surface area contributed by atoms with Crippen LogP contribution in [0.15, 0.2) is 35.4 Å². The third-order valence-corrected chi connectivity index (χ3v) is 7.27. The summed E-state index contributed by atoms with van der Waals surface area (Å²) in [6.45, 7) is 4.21. The number of fused-ring (bicyclic) bond motifs is 1. The average Bonchev–Trinajstić information content (AvgIpc) is 3.26. The van der Waals surface area contributed by atoms with E-state index in [-0.39, 0.29) is 4.90 Å². The third-order valence-electron chi connectivity index (χ3n) is 5.37. The molecule has 1 aliphatic heterocycles. The van der Waals surface area contributed by atoms with Crippen LogP contribution < -0.4 is 15.4 Å². The number of pyridine rings is 1. The van der Waals surface area contributed by atoms with Crippen LogP contribution in [0.2, 0.25) is 0 Å². The van der Waals surface area contributed by atoms with E-state index in [0.717, 1.165) is 24.0 Å². The van der Waals surface area contributed by atoms with Crippen LogP contribution in [-0.4, -0.2) is 62.6 Å². The first-order valence-electron chi connectivity index (χ1n) is 10.7. The topological polar surface area (TPSA) is 132 Å². The number of methoxy groups -OCH3 is 1. The third kappa shape index (κ3) is 4.59. The minimum absolute atomic E-state index is 0.156. The molecule has 1 fully saturated rings. The molecule has 0 spiro atoms. The van der Waals surface area contributed by atoms with Crippen LogP contribution >= 0.6 is 0 Å². The molecule has 1 aliphatic rings. The molecule has 1 aromatic carbocycles. The number of aromatic amines is 1. The largest absolute Gasteiger partial charge is 0.495 e. The molecule has 4 rings (SSSR count). The molecule has 2 aromatic heterocycles. The lowest BCUT2D eigenvalue weighted by molar-refractivity contribution is 0.0730. The van der Waals surface area contributed by atoms with Crippen LogP contribution in [0.4, 0.5) is 17.2 Å². The number of rotatable bonds is 8. The average molecular weight is 471 g/mol. The van der Waals surface area contributed by atoms with Crippen LogP contribution in [0, 0.1) is 11.3 Å². The number of ether oxygens (including phenoxy) is 2. The Hall–Kier alpha value is -3.33. The maximum absolute atomic E-state index is 13.0. The van der Waals surface area contributed by atoms with E-state index in [4.69, 9.17) is 9.47 Å². The highest BCUT2D eigenvalue weighted by atomic mass is 32.2. The quantitative estimate of drug-likeness (QED) is 0.458. The highest BCUT2D eigenvalue weighted by molar-refractivity contribution is 7.89. The summed E-state index contributed by atoms with van der Waals surface area (Å²) in [4.78, 5) is 7.77. The van der Waals surface area contributed by atoms with Crippen molar-refractivity contribution in [3.8, 4) is 11.8 Å². The Kier molecular flexibility index (Phi) is 6.69. The van der Waals surface area contributed by atoms with E-state index in [2.05, 4.69) is 33.6 Å². The van der Waals surface area contributed by atoms with Gasteiger partial charge in [0.05, 0.1) is 47.5 Å². The standard InChI is InChI=1S/C22H26N6O4S/c1-3-6-24-18-12-20(27-22-21(18)15(13-23)14-25-22)26-17-5-4-16(11-19(17)31-2)33(29,30)28-7-9-32-10-8-28/h4-5,11-12,14H,3,6-10H2,1-2H3,(H3,24,25,26,27). The molecule has 33 heavy (non-hydrogen) atoms. The Labute approximate surface area is 192 Å². The summed E-state index contributed by atoms with van der Waals surface area (Å²) in [5, 5.41) is 16.7. The summed E-state index contributed by atoms with van der Waals surface area (Å²) in [6.07, 6.45) is 2.55. The predicted molar refractivity (Wildman–Crippen MR) is 125 cm³/mol. The zero-order chi connectivity index (χ0) is 23.4. The van der Waals surface area contributed by atoms with E-state index >= 15 is 0 Å². The van der Waals surface area contributed by atoms with Crippen LogP contribution in [0.3, 0.4) is 0 Å². The number of nitrogens with one attached hydrogen (secondary N) is 3. The molecule has 11 heteroatoms. The molecule has 1 saturated heterocycles. The zero-order valence-electron chi connectivity index (χ0n) is 18.5. The van der Waals surface area contributed by atoms with Gasteiger partial charge in [-0.05, 0) is 18.6 Å². The van der Waals surface area contributed by atoms with Gasteiger partial charge in [-0.15, -0.1) is 0 Å². The summed E-state index contributed by atoms with van der Waals surface area (Å²) >= 11 is 0. The second-order valence-electron chi connectivity index (χ2n) is 7.52. The lowest BCUT2D eigenvalue weighted by atomic mass is 10.2. The minimum Gasteiger partial charge on any atom is -0.495 e. The molecule has 0 unspecified atom stereocenters. The zero-order valence-corrected chi connectivity index (χ0v) is 19.3. The minimum atomic E-state index is -3.65. The first-order valence-corrected chi connectivity index (χ1v) is 12.1. The molecule has 0 atom stereocenters. The van der Waals surface area contributed by atoms with Gasteiger partial charge in [-0.25, -0.2) is 13.4 Å². The summed E-state index contributed by atoms with van der Waals surface area (Å²) < 4.78 is 38.1. The SMILES string of the molecule is CCCNc1cc(Nc2ccc(S(=O)(=O)N3CCOCC3)cc2OC)nc2[nH]cc(C#N)c12. The Balaban J connectivity index is 1.67. The van der Waals surface area contributed by atoms with E-state index in [1.807, 2.05) is 6.07 Å². The Morgan fingerprint density at radius 1 is 1.27 bits per heavy atom. The maximum Gasteiger partial charge on any atom is 0.243 e. The second-order valence-corrected chi connectivity index (χ2v) is 9.46. The predicted octanol–water partition coefficient (Wildman–Crippen LogP) is 3.03. The van der Waals surface area contributed by atoms with Crippen molar-refractivity contribution < 1.29 is 17.9 Å². The van der Waals surface area contributed by atoms with Crippen molar-refractivity contribution >= 4 is 38.2 Å². The molecule has 0 amide bonds. The number of hydrogen-bond acceptors (Lipinski definition) is 8. The first-order chi connectivity index (χ1) is 16.0. The summed E-state index contributed by atoms with van der Waals surface area (Å²) in [6, 6.07) is 8.72. The van der Waals surface area contributed by atoms with Gasteiger partial charge in [0.15, 0.2) is 0 Å². The van der Waals surface area contributed by atoms with E-state index < -0.39 is 10.0 Å².